The van der Waals surface area contributed by atoms with E-state index in [0.29, 0.717) is 45.1 Å². The second-order valence-corrected chi connectivity index (χ2v) is 11.1. The zero-order valence-corrected chi connectivity index (χ0v) is 23.9. The smallest absolute Gasteiger partial charge is 0.416 e. The van der Waals surface area contributed by atoms with Crippen LogP contribution in [0.2, 0.25) is 0 Å². The Morgan fingerprint density at radius 2 is 1.57 bits per heavy atom. The lowest BCUT2D eigenvalue weighted by Gasteiger charge is -2.15. The molecule has 0 saturated carbocycles. The Labute approximate surface area is 248 Å². The quantitative estimate of drug-likeness (QED) is 0.169. The summed E-state index contributed by atoms with van der Waals surface area (Å²) in [7, 11) is -1.75. The van der Waals surface area contributed by atoms with Crippen molar-refractivity contribution >= 4 is 32.3 Å². The standard InChI is InChI=1S/C30H23F5N4O4S/c1-42-28-22-11-18(5-9-24(22)37-16-26(28)36-14-17-3-6-20(7-4-17)30(33,34)35)19-12-25(29(43-2)38-15-19)39-44(40,41)27-10-8-21(31)13-23(27)32/h3-13,15-16,36,39H,14H2,1-2H3. The third-order valence-electron chi connectivity index (χ3n) is 6.59. The molecule has 0 bridgehead atoms. The van der Waals surface area contributed by atoms with Crippen LogP contribution in [0.1, 0.15) is 11.1 Å². The minimum atomic E-state index is -4.49. The van der Waals surface area contributed by atoms with Gasteiger partial charge in [0.05, 0.1) is 37.2 Å². The molecule has 2 aromatic heterocycles. The van der Waals surface area contributed by atoms with E-state index >= 15 is 0 Å². The van der Waals surface area contributed by atoms with Gasteiger partial charge in [0.25, 0.3) is 10.0 Å². The maximum absolute atomic E-state index is 14.3. The van der Waals surface area contributed by atoms with Crippen molar-refractivity contribution < 1.29 is 39.8 Å². The van der Waals surface area contributed by atoms with Gasteiger partial charge in [0, 0.05) is 29.8 Å². The molecular formula is C30H23F5N4O4S. The molecule has 5 rings (SSSR count). The number of anilines is 2. The first-order chi connectivity index (χ1) is 20.9. The van der Waals surface area contributed by atoms with E-state index in [0.717, 1.165) is 24.3 Å². The van der Waals surface area contributed by atoms with E-state index < -0.39 is 38.3 Å². The monoisotopic (exact) mass is 630 g/mol. The van der Waals surface area contributed by atoms with Crippen LogP contribution >= 0.6 is 0 Å². The number of alkyl halides is 3. The van der Waals surface area contributed by atoms with E-state index in [2.05, 4.69) is 20.0 Å². The van der Waals surface area contributed by atoms with E-state index in [-0.39, 0.29) is 18.1 Å². The Hall–Kier alpha value is -4.98. The van der Waals surface area contributed by atoms with Crippen LogP contribution in [-0.4, -0.2) is 32.6 Å². The summed E-state index contributed by atoms with van der Waals surface area (Å²) in [4.78, 5) is 7.86. The van der Waals surface area contributed by atoms with Gasteiger partial charge in [0.1, 0.15) is 22.2 Å². The van der Waals surface area contributed by atoms with Crippen molar-refractivity contribution in [1.82, 2.24) is 9.97 Å². The lowest BCUT2D eigenvalue weighted by Crippen LogP contribution is -2.15. The number of rotatable bonds is 9. The van der Waals surface area contributed by atoms with Gasteiger partial charge in [0.2, 0.25) is 5.88 Å². The molecule has 44 heavy (non-hydrogen) atoms. The van der Waals surface area contributed by atoms with Crippen molar-refractivity contribution in [3.63, 3.8) is 0 Å². The summed E-state index contributed by atoms with van der Waals surface area (Å²) in [6.45, 7) is 0.196. The molecular weight excluding hydrogens is 607 g/mol. The fourth-order valence-corrected chi connectivity index (χ4v) is 5.55. The molecule has 228 valence electrons. The predicted molar refractivity (Wildman–Crippen MR) is 154 cm³/mol. The number of ether oxygens (including phenoxy) is 2. The Balaban J connectivity index is 1.46. The lowest BCUT2D eigenvalue weighted by molar-refractivity contribution is -0.137. The number of pyridine rings is 2. The van der Waals surface area contributed by atoms with Crippen LogP contribution in [0.4, 0.5) is 33.3 Å². The van der Waals surface area contributed by atoms with Crippen LogP contribution in [0.25, 0.3) is 22.0 Å². The zero-order chi connectivity index (χ0) is 31.6. The molecule has 0 amide bonds. The fraction of sp³-hybridized carbons (Fsp3) is 0.133. The minimum Gasteiger partial charge on any atom is -0.494 e. The fourth-order valence-electron chi connectivity index (χ4n) is 4.44. The first-order valence-corrected chi connectivity index (χ1v) is 14.3. The van der Waals surface area contributed by atoms with Crippen LogP contribution in [-0.2, 0) is 22.7 Å². The number of sulfonamides is 1. The lowest BCUT2D eigenvalue weighted by atomic mass is 10.0. The molecule has 0 saturated heterocycles. The predicted octanol–water partition coefficient (Wildman–Crippen LogP) is 7.02. The van der Waals surface area contributed by atoms with Crippen molar-refractivity contribution in [1.29, 1.82) is 0 Å². The molecule has 0 fully saturated rings. The molecule has 14 heteroatoms. The van der Waals surface area contributed by atoms with Gasteiger partial charge >= 0.3 is 6.18 Å². The number of aromatic nitrogens is 2. The van der Waals surface area contributed by atoms with Crippen molar-refractivity contribution in [3.8, 4) is 22.8 Å². The highest BCUT2D eigenvalue weighted by molar-refractivity contribution is 7.92. The molecule has 0 radical (unpaired) electrons. The van der Waals surface area contributed by atoms with E-state index in [1.54, 1.807) is 24.4 Å². The first kappa shape index (κ1) is 30.5. The number of nitrogens with zero attached hydrogens (tertiary/aromatic N) is 2. The summed E-state index contributed by atoms with van der Waals surface area (Å²) in [5.41, 5.74) is 1.86. The summed E-state index contributed by atoms with van der Waals surface area (Å²) in [6.07, 6.45) is -1.44. The molecule has 3 aromatic carbocycles. The van der Waals surface area contributed by atoms with Crippen LogP contribution in [0, 0.1) is 11.6 Å². The topological polar surface area (TPSA) is 102 Å². The van der Waals surface area contributed by atoms with Crippen LogP contribution in [0.5, 0.6) is 11.6 Å². The van der Waals surface area contributed by atoms with Crippen molar-refractivity contribution in [3.05, 3.63) is 102 Å². The van der Waals surface area contributed by atoms with Gasteiger partial charge in [-0.15, -0.1) is 0 Å². The molecule has 0 aliphatic heterocycles. The van der Waals surface area contributed by atoms with Gasteiger partial charge in [-0.2, -0.15) is 13.2 Å². The van der Waals surface area contributed by atoms with Gasteiger partial charge in [-0.25, -0.2) is 22.2 Å². The normalized spacial score (nSPS) is 11.8. The van der Waals surface area contributed by atoms with Gasteiger partial charge in [0.15, 0.2) is 5.75 Å². The highest BCUT2D eigenvalue weighted by atomic mass is 32.2. The first-order valence-electron chi connectivity index (χ1n) is 12.8. The summed E-state index contributed by atoms with van der Waals surface area (Å²) >= 11 is 0. The number of nitrogens with one attached hydrogen (secondary N) is 2. The molecule has 8 nitrogen and oxygen atoms in total. The van der Waals surface area contributed by atoms with E-state index in [9.17, 15) is 30.4 Å². The van der Waals surface area contributed by atoms with Crippen molar-refractivity contribution in [2.24, 2.45) is 0 Å². The number of halogens is 5. The number of benzene rings is 3. The SMILES string of the molecule is COc1ncc(-c2ccc3ncc(NCc4ccc(C(F)(F)F)cc4)c(OC)c3c2)cc1NS(=O)(=O)c1ccc(F)cc1F. The molecule has 0 aliphatic carbocycles. The van der Waals surface area contributed by atoms with Gasteiger partial charge in [-0.05, 0) is 53.6 Å². The number of hydrogen-bond donors (Lipinski definition) is 2. The Bertz CT molecular complexity index is 1950. The minimum absolute atomic E-state index is 0.0883. The number of methoxy groups -OCH3 is 2. The van der Waals surface area contributed by atoms with Crippen molar-refractivity contribution in [2.45, 2.75) is 17.6 Å². The highest BCUT2D eigenvalue weighted by Gasteiger charge is 2.30. The Kier molecular flexibility index (Phi) is 8.28. The van der Waals surface area contributed by atoms with E-state index in [4.69, 9.17) is 9.47 Å². The van der Waals surface area contributed by atoms with Crippen LogP contribution in [0.15, 0.2) is 84.0 Å². The summed E-state index contributed by atoms with van der Waals surface area (Å²) in [6, 6.07) is 13.5. The van der Waals surface area contributed by atoms with Crippen LogP contribution < -0.4 is 19.5 Å². The second-order valence-electron chi connectivity index (χ2n) is 9.45. The Morgan fingerprint density at radius 3 is 2.23 bits per heavy atom. The Morgan fingerprint density at radius 1 is 0.818 bits per heavy atom. The average Bonchev–Trinajstić information content (AvgIpc) is 2.98. The highest BCUT2D eigenvalue weighted by Crippen LogP contribution is 2.37. The largest absolute Gasteiger partial charge is 0.494 e. The number of hydrogen-bond acceptors (Lipinski definition) is 7. The molecule has 2 N–H and O–H groups in total. The van der Waals surface area contributed by atoms with E-state index in [1.165, 1.54) is 38.6 Å². The summed E-state index contributed by atoms with van der Waals surface area (Å²) in [5, 5.41) is 3.71. The average molecular weight is 631 g/mol. The molecule has 2 heterocycles. The third kappa shape index (κ3) is 6.34. The van der Waals surface area contributed by atoms with Crippen LogP contribution in [0.3, 0.4) is 0 Å². The van der Waals surface area contributed by atoms with Crippen molar-refractivity contribution in [2.75, 3.05) is 24.3 Å². The molecule has 0 atom stereocenters. The zero-order valence-electron chi connectivity index (χ0n) is 23.0. The summed E-state index contributed by atoms with van der Waals surface area (Å²) in [5.74, 6) is -1.87. The molecule has 5 aromatic rings. The summed E-state index contributed by atoms with van der Waals surface area (Å²) < 4.78 is 105. The number of fused-ring (bicyclic) bond motifs is 1. The third-order valence-corrected chi connectivity index (χ3v) is 7.99. The maximum Gasteiger partial charge on any atom is 0.416 e. The molecule has 0 spiro atoms. The molecule has 0 unspecified atom stereocenters. The second kappa shape index (κ2) is 12.0. The maximum atomic E-state index is 14.3. The van der Waals surface area contributed by atoms with Gasteiger partial charge in [-0.3, -0.25) is 9.71 Å². The van der Waals surface area contributed by atoms with Gasteiger partial charge in [-0.1, -0.05) is 18.2 Å². The van der Waals surface area contributed by atoms with E-state index in [1.807, 2.05) is 0 Å². The molecule has 0 aliphatic rings. The van der Waals surface area contributed by atoms with Gasteiger partial charge < -0.3 is 14.8 Å².